The number of carbonyl (C=O) groups excluding carboxylic acids is 1. The zero-order valence-electron chi connectivity index (χ0n) is 16.6. The number of ether oxygens (including phenoxy) is 1. The van der Waals surface area contributed by atoms with Crippen LogP contribution < -0.4 is 15.6 Å². The molecule has 1 amide bonds. The molecule has 2 aromatic heterocycles. The number of benzene rings is 2. The summed E-state index contributed by atoms with van der Waals surface area (Å²) < 4.78 is 11.7. The maximum absolute atomic E-state index is 12.3. The minimum Gasteiger partial charge on any atom is -0.497 e. The molecule has 7 nitrogen and oxygen atoms in total. The van der Waals surface area contributed by atoms with Crippen molar-refractivity contribution < 1.29 is 13.9 Å². The lowest BCUT2D eigenvalue weighted by molar-refractivity contribution is 0.0948. The predicted octanol–water partition coefficient (Wildman–Crippen LogP) is 3.92. The first-order chi connectivity index (χ1) is 15.1. The van der Waals surface area contributed by atoms with Gasteiger partial charge < -0.3 is 14.5 Å². The van der Waals surface area contributed by atoms with Crippen molar-refractivity contribution in [2.45, 2.75) is 16.5 Å². The molecular weight excluding hydrogens is 414 g/mol. The fraction of sp³-hybridized carbons (Fsp3) is 0.0870. The molecule has 2 aromatic carbocycles. The summed E-state index contributed by atoms with van der Waals surface area (Å²) in [6.07, 6.45) is 1.56. The van der Waals surface area contributed by atoms with Crippen LogP contribution >= 0.6 is 11.8 Å². The van der Waals surface area contributed by atoms with Crippen molar-refractivity contribution in [1.29, 1.82) is 0 Å². The van der Waals surface area contributed by atoms with Crippen molar-refractivity contribution in [3.8, 4) is 11.4 Å². The molecule has 0 aliphatic rings. The van der Waals surface area contributed by atoms with Crippen LogP contribution in [0.15, 0.2) is 98.2 Å². The van der Waals surface area contributed by atoms with Crippen LogP contribution in [0.5, 0.6) is 5.75 Å². The van der Waals surface area contributed by atoms with Crippen LogP contribution in [0, 0.1) is 0 Å². The van der Waals surface area contributed by atoms with E-state index in [-0.39, 0.29) is 11.5 Å². The van der Waals surface area contributed by atoms with Gasteiger partial charge in [-0.2, -0.15) is 9.78 Å². The van der Waals surface area contributed by atoms with Crippen LogP contribution in [0.1, 0.15) is 16.1 Å². The van der Waals surface area contributed by atoms with E-state index in [1.54, 1.807) is 55.8 Å². The first kappa shape index (κ1) is 20.5. The Balaban J connectivity index is 1.48. The molecule has 0 aliphatic carbocycles. The Morgan fingerprint density at radius 3 is 2.52 bits per heavy atom. The molecule has 0 aliphatic heterocycles. The van der Waals surface area contributed by atoms with Gasteiger partial charge in [0.25, 0.3) is 11.5 Å². The largest absolute Gasteiger partial charge is 0.497 e. The topological polar surface area (TPSA) is 86.4 Å². The maximum atomic E-state index is 12.3. The van der Waals surface area contributed by atoms with Crippen LogP contribution in [0.3, 0.4) is 0 Å². The lowest BCUT2D eigenvalue weighted by Gasteiger charge is -2.08. The van der Waals surface area contributed by atoms with Crippen molar-refractivity contribution in [3.63, 3.8) is 0 Å². The van der Waals surface area contributed by atoms with Gasteiger partial charge in [-0.3, -0.25) is 9.59 Å². The van der Waals surface area contributed by atoms with Gasteiger partial charge in [0.15, 0.2) is 0 Å². The summed E-state index contributed by atoms with van der Waals surface area (Å²) in [5.41, 5.74) is 0.797. The number of nitrogens with one attached hydrogen (secondary N) is 1. The molecule has 0 unspecified atom stereocenters. The number of furan rings is 1. The molecule has 31 heavy (non-hydrogen) atoms. The van der Waals surface area contributed by atoms with Gasteiger partial charge in [0.2, 0.25) is 0 Å². The molecule has 0 bridgehead atoms. The summed E-state index contributed by atoms with van der Waals surface area (Å²) >= 11 is 1.44. The fourth-order valence-electron chi connectivity index (χ4n) is 2.83. The number of amides is 1. The van der Waals surface area contributed by atoms with E-state index in [1.165, 1.54) is 22.5 Å². The first-order valence-electron chi connectivity index (χ1n) is 9.46. The van der Waals surface area contributed by atoms with Crippen LogP contribution in [-0.4, -0.2) is 22.8 Å². The molecular formula is C23H19N3O4S. The van der Waals surface area contributed by atoms with Crippen LogP contribution in [0.4, 0.5) is 0 Å². The minimum atomic E-state index is -0.255. The Morgan fingerprint density at radius 2 is 1.84 bits per heavy atom. The standard InChI is InChI=1S/C23H19N3O4S/c1-29-18-8-10-20(11-9-18)31-21-12-13-22(27)26(25-21)17-6-4-16(5-7-17)23(28)24-15-19-3-2-14-30-19/h2-14H,15H2,1H3,(H,24,28). The molecule has 2 heterocycles. The van der Waals surface area contributed by atoms with Gasteiger partial charge in [-0.05, 0) is 66.7 Å². The summed E-state index contributed by atoms with van der Waals surface area (Å²) in [6.45, 7) is 0.305. The molecule has 1 N–H and O–H groups in total. The minimum absolute atomic E-state index is 0.230. The Hall–Kier alpha value is -3.78. The summed E-state index contributed by atoms with van der Waals surface area (Å²) in [6, 6.07) is 21.0. The summed E-state index contributed by atoms with van der Waals surface area (Å²) in [5.74, 6) is 1.22. The third kappa shape index (κ3) is 5.04. The summed E-state index contributed by atoms with van der Waals surface area (Å²) in [7, 11) is 1.62. The number of methoxy groups -OCH3 is 1. The van der Waals surface area contributed by atoms with E-state index < -0.39 is 0 Å². The van der Waals surface area contributed by atoms with E-state index in [1.807, 2.05) is 24.3 Å². The van der Waals surface area contributed by atoms with Gasteiger partial charge in [0.05, 0.1) is 25.6 Å². The molecule has 0 fully saturated rings. The molecule has 0 radical (unpaired) electrons. The fourth-order valence-corrected chi connectivity index (χ4v) is 3.61. The van der Waals surface area contributed by atoms with Crippen LogP contribution in [0.25, 0.3) is 5.69 Å². The number of aromatic nitrogens is 2. The highest BCUT2D eigenvalue weighted by molar-refractivity contribution is 7.99. The number of nitrogens with zero attached hydrogens (tertiary/aromatic N) is 2. The van der Waals surface area contributed by atoms with E-state index in [2.05, 4.69) is 10.4 Å². The SMILES string of the molecule is COc1ccc(Sc2ccc(=O)n(-c3ccc(C(=O)NCc4ccco4)cc3)n2)cc1. The van der Waals surface area contributed by atoms with Gasteiger partial charge in [-0.25, -0.2) is 0 Å². The van der Waals surface area contributed by atoms with Gasteiger partial charge in [0.1, 0.15) is 16.5 Å². The quantitative estimate of drug-likeness (QED) is 0.476. The summed E-state index contributed by atoms with van der Waals surface area (Å²) in [4.78, 5) is 25.6. The molecule has 4 aromatic rings. The van der Waals surface area contributed by atoms with E-state index >= 15 is 0 Å². The van der Waals surface area contributed by atoms with Crippen LogP contribution in [0.2, 0.25) is 0 Å². The van der Waals surface area contributed by atoms with Gasteiger partial charge >= 0.3 is 0 Å². The lowest BCUT2D eigenvalue weighted by atomic mass is 10.2. The highest BCUT2D eigenvalue weighted by Gasteiger charge is 2.09. The van der Waals surface area contributed by atoms with Crippen molar-refractivity contribution in [2.75, 3.05) is 7.11 Å². The maximum Gasteiger partial charge on any atom is 0.271 e. The highest BCUT2D eigenvalue weighted by atomic mass is 32.2. The van der Waals surface area contributed by atoms with Gasteiger partial charge in [-0.15, -0.1) is 0 Å². The molecule has 0 saturated carbocycles. The molecule has 8 heteroatoms. The number of hydrogen-bond acceptors (Lipinski definition) is 6. The zero-order chi connectivity index (χ0) is 21.6. The summed E-state index contributed by atoms with van der Waals surface area (Å²) in [5, 5.41) is 7.91. The second-order valence-corrected chi connectivity index (χ2v) is 7.60. The average molecular weight is 433 g/mol. The normalized spacial score (nSPS) is 10.6. The van der Waals surface area contributed by atoms with E-state index in [9.17, 15) is 9.59 Å². The molecule has 156 valence electrons. The third-order valence-electron chi connectivity index (χ3n) is 4.43. The lowest BCUT2D eigenvalue weighted by Crippen LogP contribution is -2.23. The Labute approximate surface area is 182 Å². The molecule has 0 saturated heterocycles. The molecule has 0 atom stereocenters. The monoisotopic (exact) mass is 433 g/mol. The number of carbonyl (C=O) groups is 1. The predicted molar refractivity (Wildman–Crippen MR) is 117 cm³/mol. The van der Waals surface area contributed by atoms with Crippen molar-refractivity contribution in [2.24, 2.45) is 0 Å². The Kier molecular flexibility index (Phi) is 6.18. The first-order valence-corrected chi connectivity index (χ1v) is 10.3. The smallest absolute Gasteiger partial charge is 0.271 e. The molecule has 4 rings (SSSR count). The Bertz CT molecular complexity index is 1220. The molecule has 0 spiro atoms. The average Bonchev–Trinajstić information content (AvgIpc) is 3.33. The second-order valence-electron chi connectivity index (χ2n) is 6.51. The van der Waals surface area contributed by atoms with E-state index in [4.69, 9.17) is 9.15 Å². The second kappa shape index (κ2) is 9.36. The van der Waals surface area contributed by atoms with E-state index in [0.717, 1.165) is 10.6 Å². The highest BCUT2D eigenvalue weighted by Crippen LogP contribution is 2.27. The van der Waals surface area contributed by atoms with Crippen molar-refractivity contribution in [3.05, 3.63) is 101 Å². The number of rotatable bonds is 7. The number of hydrogen-bond donors (Lipinski definition) is 1. The Morgan fingerprint density at radius 1 is 1.06 bits per heavy atom. The van der Waals surface area contributed by atoms with Crippen LogP contribution in [-0.2, 0) is 6.54 Å². The van der Waals surface area contributed by atoms with Crippen molar-refractivity contribution in [1.82, 2.24) is 15.1 Å². The van der Waals surface area contributed by atoms with Gasteiger partial charge in [-0.1, -0.05) is 11.8 Å². The third-order valence-corrected chi connectivity index (χ3v) is 5.37. The van der Waals surface area contributed by atoms with E-state index in [0.29, 0.717) is 28.6 Å². The zero-order valence-corrected chi connectivity index (χ0v) is 17.5. The van der Waals surface area contributed by atoms with Crippen molar-refractivity contribution >= 4 is 17.7 Å². The van der Waals surface area contributed by atoms with Gasteiger partial charge in [0, 0.05) is 16.5 Å².